The number of rotatable bonds is 10. The van der Waals surface area contributed by atoms with Crippen LogP contribution in [0.25, 0.3) is 0 Å². The Morgan fingerprint density at radius 2 is 1.91 bits per heavy atom. The van der Waals surface area contributed by atoms with Gasteiger partial charge in [0.1, 0.15) is 11.9 Å². The van der Waals surface area contributed by atoms with Gasteiger partial charge >= 0.3 is 0 Å². The fourth-order valence-corrected chi connectivity index (χ4v) is 4.83. The van der Waals surface area contributed by atoms with Crippen LogP contribution in [0.3, 0.4) is 0 Å². The van der Waals surface area contributed by atoms with Gasteiger partial charge in [-0.2, -0.15) is 0 Å². The minimum Gasteiger partial charge on any atom is -0.350 e. The lowest BCUT2D eigenvalue weighted by atomic mass is 9.96. The molecular formula is C27H35N5O2. The lowest BCUT2D eigenvalue weighted by Crippen LogP contribution is -2.52. The molecule has 0 saturated carbocycles. The van der Waals surface area contributed by atoms with Gasteiger partial charge in [0, 0.05) is 51.4 Å². The first kappa shape index (κ1) is 23.9. The van der Waals surface area contributed by atoms with Crippen molar-refractivity contribution in [1.29, 1.82) is 0 Å². The first-order chi connectivity index (χ1) is 16.5. The number of amidine groups is 1. The van der Waals surface area contributed by atoms with Gasteiger partial charge in [-0.05, 0) is 36.0 Å². The molecule has 7 nitrogen and oxygen atoms in total. The largest absolute Gasteiger partial charge is 0.350 e. The molecule has 4 rings (SSSR count). The molecule has 3 heterocycles. The lowest BCUT2D eigenvalue weighted by molar-refractivity contribution is -0.128. The normalized spacial score (nSPS) is 20.2. The monoisotopic (exact) mass is 461 g/mol. The molecule has 1 saturated heterocycles. The highest BCUT2D eigenvalue weighted by Gasteiger charge is 2.42. The van der Waals surface area contributed by atoms with Gasteiger partial charge in [-0.25, -0.2) is 0 Å². The molecule has 2 unspecified atom stereocenters. The van der Waals surface area contributed by atoms with E-state index in [-0.39, 0.29) is 29.8 Å². The number of hydrogen-bond acceptors (Lipinski definition) is 5. The third kappa shape index (κ3) is 5.82. The van der Waals surface area contributed by atoms with Crippen LogP contribution in [0, 0.1) is 5.92 Å². The third-order valence-corrected chi connectivity index (χ3v) is 6.63. The molecule has 0 radical (unpaired) electrons. The van der Waals surface area contributed by atoms with Gasteiger partial charge in [0.25, 0.3) is 0 Å². The maximum atomic E-state index is 13.5. The summed E-state index contributed by atoms with van der Waals surface area (Å²) in [5.74, 6) is 1.40. The molecule has 2 aliphatic heterocycles. The van der Waals surface area contributed by atoms with E-state index >= 15 is 0 Å². The average Bonchev–Trinajstić information content (AvgIpc) is 3.42. The van der Waals surface area contributed by atoms with Crippen LogP contribution < -0.4 is 5.32 Å². The lowest BCUT2D eigenvalue weighted by Gasteiger charge is -2.31. The van der Waals surface area contributed by atoms with Gasteiger partial charge in [-0.1, -0.05) is 50.2 Å². The molecule has 7 heteroatoms. The molecule has 34 heavy (non-hydrogen) atoms. The van der Waals surface area contributed by atoms with Crippen LogP contribution >= 0.6 is 0 Å². The minimum absolute atomic E-state index is 0.00439. The Balaban J connectivity index is 1.50. The van der Waals surface area contributed by atoms with Crippen molar-refractivity contribution in [2.75, 3.05) is 19.6 Å². The molecule has 1 N–H and O–H groups in total. The molecule has 2 aliphatic rings. The fourth-order valence-electron chi connectivity index (χ4n) is 4.83. The molecule has 0 aliphatic carbocycles. The number of carbonyl (C=O) groups excluding carboxylic acids is 2. The topological polar surface area (TPSA) is 77.9 Å². The predicted octanol–water partition coefficient (Wildman–Crippen LogP) is 3.06. The van der Waals surface area contributed by atoms with E-state index in [0.29, 0.717) is 25.9 Å². The van der Waals surface area contributed by atoms with E-state index in [1.54, 1.807) is 6.20 Å². The summed E-state index contributed by atoms with van der Waals surface area (Å²) in [4.78, 5) is 39.0. The molecule has 0 spiro atoms. The summed E-state index contributed by atoms with van der Waals surface area (Å²) in [5, 5.41) is 3.15. The van der Waals surface area contributed by atoms with Crippen LogP contribution in [0.5, 0.6) is 0 Å². The molecule has 2 atom stereocenters. The van der Waals surface area contributed by atoms with Crippen molar-refractivity contribution in [3.05, 3.63) is 66.0 Å². The summed E-state index contributed by atoms with van der Waals surface area (Å²) in [5.41, 5.74) is 2.15. The standard InChI is InChI=1S/C27H35N5O2/c1-20(2)25-26(27(34)29-19-21-9-4-3-5-10-21)32(16-8-15-31-14-7-12-24(31)33)23(30-25)17-22-11-6-13-28-18-22/h3-6,9-11,13,18,20,25-26H,7-8,12,14-17,19H2,1-2H3,(H,29,34). The number of nitrogens with one attached hydrogen (secondary N) is 1. The maximum Gasteiger partial charge on any atom is 0.245 e. The van der Waals surface area contributed by atoms with Crippen molar-refractivity contribution in [3.8, 4) is 0 Å². The van der Waals surface area contributed by atoms with Crippen LogP contribution in [-0.2, 0) is 22.6 Å². The first-order valence-corrected chi connectivity index (χ1v) is 12.3. The second-order valence-electron chi connectivity index (χ2n) is 9.50. The van der Waals surface area contributed by atoms with Gasteiger partial charge in [0.2, 0.25) is 11.8 Å². The number of aliphatic imine (C=N–C) groups is 1. The highest BCUT2D eigenvalue weighted by atomic mass is 16.2. The number of carbonyl (C=O) groups is 2. The zero-order valence-electron chi connectivity index (χ0n) is 20.2. The van der Waals surface area contributed by atoms with Gasteiger partial charge in [0.15, 0.2) is 0 Å². The van der Waals surface area contributed by atoms with Crippen LogP contribution in [0.15, 0.2) is 59.9 Å². The van der Waals surface area contributed by atoms with E-state index in [4.69, 9.17) is 4.99 Å². The quantitative estimate of drug-likeness (QED) is 0.590. The van der Waals surface area contributed by atoms with Crippen molar-refractivity contribution < 1.29 is 9.59 Å². The zero-order chi connectivity index (χ0) is 23.9. The number of aromatic nitrogens is 1. The summed E-state index contributed by atoms with van der Waals surface area (Å²) < 4.78 is 0. The highest BCUT2D eigenvalue weighted by Crippen LogP contribution is 2.26. The number of amides is 2. The molecule has 0 bridgehead atoms. The number of benzene rings is 1. The Morgan fingerprint density at radius 3 is 2.59 bits per heavy atom. The van der Waals surface area contributed by atoms with E-state index < -0.39 is 0 Å². The third-order valence-electron chi connectivity index (χ3n) is 6.63. The molecule has 1 aromatic carbocycles. The Bertz CT molecular complexity index is 993. The van der Waals surface area contributed by atoms with E-state index in [0.717, 1.165) is 42.9 Å². The SMILES string of the molecule is CC(C)C1N=C(Cc2cccnc2)N(CCCN2CCCC2=O)C1C(=O)NCc1ccccc1. The van der Waals surface area contributed by atoms with Crippen molar-refractivity contribution >= 4 is 17.6 Å². The minimum atomic E-state index is -0.357. The Labute approximate surface area is 202 Å². The summed E-state index contributed by atoms with van der Waals surface area (Å²) in [6, 6.07) is 13.5. The maximum absolute atomic E-state index is 13.5. The van der Waals surface area contributed by atoms with E-state index in [1.165, 1.54) is 0 Å². The van der Waals surface area contributed by atoms with Gasteiger partial charge < -0.3 is 15.1 Å². The molecule has 1 fully saturated rings. The van der Waals surface area contributed by atoms with Crippen LogP contribution in [0.4, 0.5) is 0 Å². The molecule has 180 valence electrons. The van der Waals surface area contributed by atoms with Crippen LogP contribution in [0.2, 0.25) is 0 Å². The van der Waals surface area contributed by atoms with E-state index in [9.17, 15) is 9.59 Å². The molecule has 2 aromatic rings. The van der Waals surface area contributed by atoms with Crippen molar-refractivity contribution in [1.82, 2.24) is 20.1 Å². The second-order valence-corrected chi connectivity index (χ2v) is 9.50. The summed E-state index contributed by atoms with van der Waals surface area (Å²) in [6.45, 7) is 7.00. The summed E-state index contributed by atoms with van der Waals surface area (Å²) >= 11 is 0. The Hall–Kier alpha value is -3.22. The van der Waals surface area contributed by atoms with Crippen molar-refractivity contribution in [3.63, 3.8) is 0 Å². The molecular weight excluding hydrogens is 426 g/mol. The Morgan fingerprint density at radius 1 is 1.12 bits per heavy atom. The van der Waals surface area contributed by atoms with Crippen LogP contribution in [0.1, 0.15) is 44.2 Å². The van der Waals surface area contributed by atoms with E-state index in [2.05, 4.69) is 29.0 Å². The number of likely N-dealkylation sites (tertiary alicyclic amines) is 1. The average molecular weight is 462 g/mol. The summed E-state index contributed by atoms with van der Waals surface area (Å²) in [6.07, 6.45) is 6.67. The number of nitrogens with zero attached hydrogens (tertiary/aromatic N) is 4. The van der Waals surface area contributed by atoms with Gasteiger partial charge in [-0.3, -0.25) is 19.6 Å². The number of hydrogen-bond donors (Lipinski definition) is 1. The van der Waals surface area contributed by atoms with E-state index in [1.807, 2.05) is 53.6 Å². The van der Waals surface area contributed by atoms with Gasteiger partial charge in [-0.15, -0.1) is 0 Å². The predicted molar refractivity (Wildman–Crippen MR) is 133 cm³/mol. The van der Waals surface area contributed by atoms with Crippen molar-refractivity contribution in [2.45, 2.75) is 58.2 Å². The number of pyridine rings is 1. The van der Waals surface area contributed by atoms with Crippen molar-refractivity contribution in [2.24, 2.45) is 10.9 Å². The summed E-state index contributed by atoms with van der Waals surface area (Å²) in [7, 11) is 0. The molecule has 1 aromatic heterocycles. The highest BCUT2D eigenvalue weighted by molar-refractivity contribution is 5.94. The Kier molecular flexibility index (Phi) is 7.93. The smallest absolute Gasteiger partial charge is 0.245 e. The van der Waals surface area contributed by atoms with Crippen LogP contribution in [-0.4, -0.2) is 64.2 Å². The fraction of sp³-hybridized carbons (Fsp3) is 0.481. The first-order valence-electron chi connectivity index (χ1n) is 12.3. The van der Waals surface area contributed by atoms with Gasteiger partial charge in [0.05, 0.1) is 6.04 Å². The zero-order valence-corrected chi connectivity index (χ0v) is 20.2. The second kappa shape index (κ2) is 11.3. The molecule has 2 amide bonds.